The smallest absolute Gasteiger partial charge is 0.375 e. The monoisotopic (exact) mass is 242 g/mol. The van der Waals surface area contributed by atoms with Gasteiger partial charge in [0.15, 0.2) is 0 Å². The first-order chi connectivity index (χ1) is 8.52. The van der Waals surface area contributed by atoms with Gasteiger partial charge >= 0.3 is 5.97 Å². The van der Waals surface area contributed by atoms with E-state index in [1.54, 1.807) is 25.1 Å². The van der Waals surface area contributed by atoms with Crippen molar-refractivity contribution < 1.29 is 9.90 Å². The normalized spacial score (nSPS) is 10.1. The van der Waals surface area contributed by atoms with Crippen molar-refractivity contribution in [3.63, 3.8) is 0 Å². The molecule has 2 aromatic rings. The molecule has 0 aliphatic carbocycles. The van der Waals surface area contributed by atoms with E-state index in [4.69, 9.17) is 10.4 Å². The minimum absolute atomic E-state index is 0.255. The van der Waals surface area contributed by atoms with Gasteiger partial charge in [0.1, 0.15) is 5.82 Å². The van der Waals surface area contributed by atoms with Gasteiger partial charge in [-0.1, -0.05) is 6.07 Å². The van der Waals surface area contributed by atoms with Crippen LogP contribution in [0.2, 0.25) is 0 Å². The summed E-state index contributed by atoms with van der Waals surface area (Å²) in [6, 6.07) is 7.18. The largest absolute Gasteiger partial charge is 0.475 e. The van der Waals surface area contributed by atoms with Crippen LogP contribution in [0.15, 0.2) is 18.2 Å². The molecule has 0 saturated carbocycles. The number of nitriles is 1. The number of hydrogen-bond donors (Lipinski definition) is 1. The van der Waals surface area contributed by atoms with E-state index in [0.29, 0.717) is 17.1 Å². The van der Waals surface area contributed by atoms with Crippen molar-refractivity contribution in [3.8, 4) is 11.8 Å². The minimum atomic E-state index is -1.18. The number of carbonyl (C=O) groups is 1. The van der Waals surface area contributed by atoms with Crippen LogP contribution in [-0.4, -0.2) is 25.8 Å². The number of aromatic carboxylic acids is 1. The zero-order chi connectivity index (χ0) is 13.3. The number of carboxylic acid groups (broad SMARTS) is 1. The fourth-order valence-corrected chi connectivity index (χ4v) is 1.62. The standard InChI is InChI=1S/C12H10N4O2/c1-7-3-4-9(6-13)5-10(7)16-8(2)14-11(15-16)12(17)18/h3-5H,1-2H3,(H,17,18). The fourth-order valence-electron chi connectivity index (χ4n) is 1.62. The number of benzene rings is 1. The molecule has 0 aliphatic heterocycles. The Morgan fingerprint density at radius 1 is 1.44 bits per heavy atom. The molecule has 0 spiro atoms. The van der Waals surface area contributed by atoms with Crippen molar-refractivity contribution in [2.24, 2.45) is 0 Å². The molecule has 0 aliphatic rings. The molecule has 1 aromatic carbocycles. The number of nitrogens with zero attached hydrogens (tertiary/aromatic N) is 4. The Hall–Kier alpha value is -2.68. The van der Waals surface area contributed by atoms with E-state index < -0.39 is 5.97 Å². The minimum Gasteiger partial charge on any atom is -0.475 e. The van der Waals surface area contributed by atoms with E-state index in [9.17, 15) is 4.79 Å². The van der Waals surface area contributed by atoms with Gasteiger partial charge in [-0.2, -0.15) is 5.26 Å². The molecular formula is C12H10N4O2. The first-order valence-electron chi connectivity index (χ1n) is 5.21. The van der Waals surface area contributed by atoms with Crippen LogP contribution in [0.5, 0.6) is 0 Å². The van der Waals surface area contributed by atoms with E-state index >= 15 is 0 Å². The molecule has 1 heterocycles. The van der Waals surface area contributed by atoms with Crippen LogP contribution < -0.4 is 0 Å². The van der Waals surface area contributed by atoms with E-state index in [1.807, 2.05) is 13.0 Å². The van der Waals surface area contributed by atoms with Gasteiger partial charge in [0.2, 0.25) is 0 Å². The zero-order valence-electron chi connectivity index (χ0n) is 9.88. The van der Waals surface area contributed by atoms with Gasteiger partial charge in [-0.3, -0.25) is 0 Å². The maximum atomic E-state index is 10.8. The predicted octanol–water partition coefficient (Wildman–Crippen LogP) is 1.45. The fraction of sp³-hybridized carbons (Fsp3) is 0.167. The Balaban J connectivity index is 2.62. The van der Waals surface area contributed by atoms with Crippen LogP contribution in [0.1, 0.15) is 27.6 Å². The van der Waals surface area contributed by atoms with Crippen molar-refractivity contribution in [3.05, 3.63) is 41.0 Å². The maximum Gasteiger partial charge on any atom is 0.375 e. The van der Waals surface area contributed by atoms with Gasteiger partial charge in [-0.25, -0.2) is 14.5 Å². The number of carboxylic acids is 1. The molecule has 1 N–H and O–H groups in total. The molecule has 0 atom stereocenters. The van der Waals surface area contributed by atoms with Crippen LogP contribution in [0, 0.1) is 25.2 Å². The highest BCUT2D eigenvalue weighted by molar-refractivity contribution is 5.83. The topological polar surface area (TPSA) is 91.8 Å². The van der Waals surface area contributed by atoms with Crippen molar-refractivity contribution in [2.75, 3.05) is 0 Å². The molecule has 2 rings (SSSR count). The van der Waals surface area contributed by atoms with Crippen LogP contribution in [0.3, 0.4) is 0 Å². The number of hydrogen-bond acceptors (Lipinski definition) is 4. The number of aromatic nitrogens is 3. The number of aryl methyl sites for hydroxylation is 2. The second kappa shape index (κ2) is 4.30. The molecule has 1 aromatic heterocycles. The third kappa shape index (κ3) is 1.94. The highest BCUT2D eigenvalue weighted by atomic mass is 16.4. The van der Waals surface area contributed by atoms with E-state index in [2.05, 4.69) is 10.1 Å². The summed E-state index contributed by atoms with van der Waals surface area (Å²) < 4.78 is 1.43. The van der Waals surface area contributed by atoms with Gasteiger partial charge in [0.25, 0.3) is 5.82 Å². The average molecular weight is 242 g/mol. The predicted molar refractivity (Wildman–Crippen MR) is 62.5 cm³/mol. The summed E-state index contributed by atoms with van der Waals surface area (Å²) in [5.74, 6) is -0.967. The van der Waals surface area contributed by atoms with E-state index in [0.717, 1.165) is 5.56 Å². The summed E-state index contributed by atoms with van der Waals surface area (Å²) in [5.41, 5.74) is 2.04. The molecular weight excluding hydrogens is 232 g/mol. The Labute approximate surface area is 103 Å². The first-order valence-corrected chi connectivity index (χ1v) is 5.21. The summed E-state index contributed by atoms with van der Waals surface area (Å²) in [6.07, 6.45) is 0. The lowest BCUT2D eigenvalue weighted by Gasteiger charge is -2.06. The van der Waals surface area contributed by atoms with Gasteiger partial charge in [-0.15, -0.1) is 5.10 Å². The zero-order valence-corrected chi connectivity index (χ0v) is 9.88. The summed E-state index contributed by atoms with van der Waals surface area (Å²) >= 11 is 0. The summed E-state index contributed by atoms with van der Waals surface area (Å²) in [7, 11) is 0. The van der Waals surface area contributed by atoms with E-state index in [-0.39, 0.29) is 5.82 Å². The quantitative estimate of drug-likeness (QED) is 0.860. The summed E-state index contributed by atoms with van der Waals surface area (Å²) in [6.45, 7) is 3.52. The average Bonchev–Trinajstić information content (AvgIpc) is 2.72. The lowest BCUT2D eigenvalue weighted by molar-refractivity contribution is 0.0683. The molecule has 6 heteroatoms. The molecule has 0 fully saturated rings. The molecule has 0 saturated heterocycles. The van der Waals surface area contributed by atoms with Gasteiger partial charge in [0.05, 0.1) is 17.3 Å². The van der Waals surface area contributed by atoms with Crippen molar-refractivity contribution in [2.45, 2.75) is 13.8 Å². The number of rotatable bonds is 2. The SMILES string of the molecule is Cc1ccc(C#N)cc1-n1nc(C(=O)O)nc1C. The van der Waals surface area contributed by atoms with Crippen molar-refractivity contribution >= 4 is 5.97 Å². The van der Waals surface area contributed by atoms with Crippen LogP contribution in [0.4, 0.5) is 0 Å². The maximum absolute atomic E-state index is 10.8. The Bertz CT molecular complexity index is 667. The molecule has 0 radical (unpaired) electrons. The third-order valence-corrected chi connectivity index (χ3v) is 2.53. The third-order valence-electron chi connectivity index (χ3n) is 2.53. The highest BCUT2D eigenvalue weighted by Crippen LogP contribution is 2.16. The van der Waals surface area contributed by atoms with Crippen LogP contribution in [-0.2, 0) is 0 Å². The first kappa shape index (κ1) is 11.8. The highest BCUT2D eigenvalue weighted by Gasteiger charge is 2.15. The van der Waals surface area contributed by atoms with Crippen molar-refractivity contribution in [1.82, 2.24) is 14.8 Å². The van der Waals surface area contributed by atoms with E-state index in [1.165, 1.54) is 4.68 Å². The molecule has 0 unspecified atom stereocenters. The Kier molecular flexibility index (Phi) is 2.81. The summed E-state index contributed by atoms with van der Waals surface area (Å²) in [4.78, 5) is 14.7. The molecule has 0 bridgehead atoms. The summed E-state index contributed by atoms with van der Waals surface area (Å²) in [5, 5.41) is 21.6. The Morgan fingerprint density at radius 2 is 2.17 bits per heavy atom. The lowest BCUT2D eigenvalue weighted by atomic mass is 10.1. The molecule has 18 heavy (non-hydrogen) atoms. The Morgan fingerprint density at radius 3 is 2.72 bits per heavy atom. The second-order valence-electron chi connectivity index (χ2n) is 3.81. The van der Waals surface area contributed by atoms with Gasteiger partial charge < -0.3 is 5.11 Å². The lowest BCUT2D eigenvalue weighted by Crippen LogP contribution is -2.04. The van der Waals surface area contributed by atoms with Gasteiger partial charge in [-0.05, 0) is 31.5 Å². The van der Waals surface area contributed by atoms with Crippen molar-refractivity contribution in [1.29, 1.82) is 5.26 Å². The molecule has 6 nitrogen and oxygen atoms in total. The molecule has 90 valence electrons. The second-order valence-corrected chi connectivity index (χ2v) is 3.81. The van der Waals surface area contributed by atoms with Gasteiger partial charge in [0, 0.05) is 0 Å². The van der Waals surface area contributed by atoms with Crippen LogP contribution in [0.25, 0.3) is 5.69 Å². The van der Waals surface area contributed by atoms with Crippen LogP contribution >= 0.6 is 0 Å². The molecule has 0 amide bonds.